The maximum Gasteiger partial charge on any atom is 0.138 e. The molecule has 3 rings (SSSR count). The summed E-state index contributed by atoms with van der Waals surface area (Å²) < 4.78 is 5.86. The van der Waals surface area contributed by atoms with Crippen molar-refractivity contribution in [2.45, 2.75) is 33.6 Å². The van der Waals surface area contributed by atoms with E-state index in [1.165, 1.54) is 11.6 Å². The first-order valence-electron chi connectivity index (χ1n) is 9.41. The zero-order valence-corrected chi connectivity index (χ0v) is 16.4. The molecule has 3 aromatic rings. The van der Waals surface area contributed by atoms with Crippen molar-refractivity contribution in [1.29, 1.82) is 0 Å². The van der Waals surface area contributed by atoms with E-state index in [4.69, 9.17) is 4.42 Å². The molecule has 0 aliphatic heterocycles. The number of phenols is 3. The molecule has 2 aromatic carbocycles. The Bertz CT molecular complexity index is 1040. The molecule has 1 heterocycles. The van der Waals surface area contributed by atoms with Crippen molar-refractivity contribution in [3.05, 3.63) is 65.8 Å². The Labute approximate surface area is 165 Å². The van der Waals surface area contributed by atoms with E-state index >= 15 is 0 Å². The van der Waals surface area contributed by atoms with Crippen LogP contribution < -0.4 is 0 Å². The second-order valence-electron chi connectivity index (χ2n) is 7.45. The Hall–Kier alpha value is -3.14. The number of aromatic hydroxyl groups is 3. The topological polar surface area (TPSA) is 73.8 Å². The predicted molar refractivity (Wildman–Crippen MR) is 113 cm³/mol. The van der Waals surface area contributed by atoms with Gasteiger partial charge in [-0.1, -0.05) is 30.7 Å². The van der Waals surface area contributed by atoms with Crippen molar-refractivity contribution in [3.8, 4) is 28.6 Å². The molecule has 146 valence electrons. The van der Waals surface area contributed by atoms with E-state index in [1.54, 1.807) is 24.3 Å². The summed E-state index contributed by atoms with van der Waals surface area (Å²) in [4.78, 5) is 0. The van der Waals surface area contributed by atoms with Gasteiger partial charge in [-0.05, 0) is 56.9 Å². The van der Waals surface area contributed by atoms with Crippen LogP contribution in [0.3, 0.4) is 0 Å². The van der Waals surface area contributed by atoms with Crippen LogP contribution in [0.1, 0.15) is 32.8 Å². The van der Waals surface area contributed by atoms with Gasteiger partial charge in [0.05, 0.1) is 0 Å². The molecule has 0 aliphatic carbocycles. The Morgan fingerprint density at radius 3 is 2.57 bits per heavy atom. The number of hydrogen-bond donors (Lipinski definition) is 3. The highest BCUT2D eigenvalue weighted by Gasteiger charge is 2.15. The van der Waals surface area contributed by atoms with Gasteiger partial charge in [-0.3, -0.25) is 0 Å². The van der Waals surface area contributed by atoms with E-state index in [1.807, 2.05) is 12.1 Å². The summed E-state index contributed by atoms with van der Waals surface area (Å²) >= 11 is 0. The van der Waals surface area contributed by atoms with Gasteiger partial charge in [-0.25, -0.2) is 0 Å². The summed E-state index contributed by atoms with van der Waals surface area (Å²) in [5, 5.41) is 30.9. The summed E-state index contributed by atoms with van der Waals surface area (Å²) in [5.41, 5.74) is 3.17. The maximum absolute atomic E-state index is 10.4. The van der Waals surface area contributed by atoms with Gasteiger partial charge in [0.15, 0.2) is 0 Å². The molecule has 0 radical (unpaired) electrons. The minimum absolute atomic E-state index is 0.0274. The normalized spacial score (nSPS) is 12.5. The minimum atomic E-state index is -0.0274. The van der Waals surface area contributed by atoms with E-state index in [2.05, 4.69) is 32.9 Å². The number of furan rings is 1. The number of phenolic OH excluding ortho intramolecular Hbond substituents is 3. The Morgan fingerprint density at radius 2 is 1.82 bits per heavy atom. The SMILES string of the molecule is CC(C)=CCC(C)/C=C/Cc1c(O)cc(O)cc1-c1cc2ccc(O)cc2o1. The van der Waals surface area contributed by atoms with Crippen molar-refractivity contribution < 1.29 is 19.7 Å². The quantitative estimate of drug-likeness (QED) is 0.440. The first kappa shape index (κ1) is 19.6. The van der Waals surface area contributed by atoms with E-state index < -0.39 is 0 Å². The Kier molecular flexibility index (Phi) is 5.78. The molecule has 0 spiro atoms. The van der Waals surface area contributed by atoms with Crippen LogP contribution >= 0.6 is 0 Å². The molecule has 0 fully saturated rings. The molecule has 4 nitrogen and oxygen atoms in total. The molecule has 28 heavy (non-hydrogen) atoms. The number of hydrogen-bond acceptors (Lipinski definition) is 4. The van der Waals surface area contributed by atoms with Crippen LogP contribution in [0.4, 0.5) is 0 Å². The molecular formula is C24H26O4. The lowest BCUT2D eigenvalue weighted by atomic mass is 9.98. The maximum atomic E-state index is 10.4. The minimum Gasteiger partial charge on any atom is -0.508 e. The lowest BCUT2D eigenvalue weighted by Crippen LogP contribution is -1.91. The van der Waals surface area contributed by atoms with Crippen molar-refractivity contribution in [3.63, 3.8) is 0 Å². The van der Waals surface area contributed by atoms with Crippen LogP contribution in [-0.4, -0.2) is 15.3 Å². The average molecular weight is 378 g/mol. The molecule has 0 saturated heterocycles. The van der Waals surface area contributed by atoms with Crippen LogP contribution in [0.2, 0.25) is 0 Å². The molecule has 3 N–H and O–H groups in total. The standard InChI is InChI=1S/C24H26O4/c1-15(2)7-8-16(3)5-4-6-20-21(12-19(26)13-22(20)27)24-11-17-9-10-18(25)14-23(17)28-24/h4-5,7,9-14,16,25-27H,6,8H2,1-3H3/b5-4+. The van der Waals surface area contributed by atoms with Gasteiger partial charge in [0.2, 0.25) is 0 Å². The number of benzene rings is 2. The van der Waals surface area contributed by atoms with Crippen LogP contribution in [0.5, 0.6) is 17.2 Å². The van der Waals surface area contributed by atoms with E-state index in [-0.39, 0.29) is 17.2 Å². The molecule has 1 aromatic heterocycles. The largest absolute Gasteiger partial charge is 0.508 e. The molecular weight excluding hydrogens is 352 g/mol. The Balaban J connectivity index is 1.92. The molecule has 1 atom stereocenters. The van der Waals surface area contributed by atoms with Gasteiger partial charge in [-0.15, -0.1) is 0 Å². The summed E-state index contributed by atoms with van der Waals surface area (Å²) in [6.07, 6.45) is 7.87. The van der Waals surface area contributed by atoms with Crippen molar-refractivity contribution in [2.24, 2.45) is 5.92 Å². The highest BCUT2D eigenvalue weighted by Crippen LogP contribution is 2.38. The predicted octanol–water partition coefficient (Wildman–Crippen LogP) is 6.31. The van der Waals surface area contributed by atoms with Crippen molar-refractivity contribution >= 4 is 11.0 Å². The summed E-state index contributed by atoms with van der Waals surface area (Å²) in [6.45, 7) is 6.33. The second-order valence-corrected chi connectivity index (χ2v) is 7.45. The van der Waals surface area contributed by atoms with Crippen LogP contribution in [0.25, 0.3) is 22.3 Å². The Morgan fingerprint density at radius 1 is 1.04 bits per heavy atom. The highest BCUT2D eigenvalue weighted by molar-refractivity contribution is 5.85. The van der Waals surface area contributed by atoms with Gasteiger partial charge in [-0.2, -0.15) is 0 Å². The fourth-order valence-corrected chi connectivity index (χ4v) is 3.15. The lowest BCUT2D eigenvalue weighted by Gasteiger charge is -2.10. The van der Waals surface area contributed by atoms with E-state index in [0.717, 1.165) is 11.8 Å². The molecule has 0 aliphatic rings. The average Bonchev–Trinajstić information content (AvgIpc) is 3.04. The van der Waals surface area contributed by atoms with Gasteiger partial charge >= 0.3 is 0 Å². The molecule has 0 bridgehead atoms. The van der Waals surface area contributed by atoms with Crippen molar-refractivity contribution in [2.75, 3.05) is 0 Å². The third kappa shape index (κ3) is 4.58. The van der Waals surface area contributed by atoms with Gasteiger partial charge < -0.3 is 19.7 Å². The first-order valence-corrected chi connectivity index (χ1v) is 9.41. The first-order chi connectivity index (χ1) is 13.3. The lowest BCUT2D eigenvalue weighted by molar-refractivity contribution is 0.447. The highest BCUT2D eigenvalue weighted by atomic mass is 16.3. The molecule has 4 heteroatoms. The zero-order valence-electron chi connectivity index (χ0n) is 16.4. The molecule has 1 unspecified atom stereocenters. The summed E-state index contributed by atoms with van der Waals surface area (Å²) in [6, 6.07) is 9.68. The van der Waals surface area contributed by atoms with E-state index in [9.17, 15) is 15.3 Å². The third-order valence-electron chi connectivity index (χ3n) is 4.66. The van der Waals surface area contributed by atoms with Crippen LogP contribution in [0.15, 0.2) is 64.6 Å². The molecule has 0 saturated carbocycles. The fourth-order valence-electron chi connectivity index (χ4n) is 3.15. The smallest absolute Gasteiger partial charge is 0.138 e. The number of allylic oxidation sites excluding steroid dienone is 4. The summed E-state index contributed by atoms with van der Waals surface area (Å²) in [7, 11) is 0. The zero-order chi connectivity index (χ0) is 20.3. The number of rotatable bonds is 6. The summed E-state index contributed by atoms with van der Waals surface area (Å²) in [5.74, 6) is 1.06. The van der Waals surface area contributed by atoms with E-state index in [0.29, 0.717) is 34.8 Å². The van der Waals surface area contributed by atoms with Crippen LogP contribution in [0, 0.1) is 5.92 Å². The monoisotopic (exact) mass is 378 g/mol. The van der Waals surface area contributed by atoms with Gasteiger partial charge in [0.1, 0.15) is 28.6 Å². The fraction of sp³-hybridized carbons (Fsp3) is 0.250. The second kappa shape index (κ2) is 8.26. The van der Waals surface area contributed by atoms with Gasteiger partial charge in [0.25, 0.3) is 0 Å². The van der Waals surface area contributed by atoms with Crippen LogP contribution in [-0.2, 0) is 6.42 Å². The third-order valence-corrected chi connectivity index (χ3v) is 4.66. The van der Waals surface area contributed by atoms with Crippen molar-refractivity contribution in [1.82, 2.24) is 0 Å². The number of fused-ring (bicyclic) bond motifs is 1. The van der Waals surface area contributed by atoms with Gasteiger partial charge in [0, 0.05) is 28.6 Å². The molecule has 0 amide bonds.